The number of carboxylic acids is 1. The normalized spacial score (nSPS) is 26.6. The third kappa shape index (κ3) is 2.61. The smallest absolute Gasteiger partial charge is 0.304 e. The Morgan fingerprint density at radius 1 is 1.24 bits per heavy atom. The molecule has 1 N–H and O–H groups in total. The molecule has 1 saturated heterocycles. The summed E-state index contributed by atoms with van der Waals surface area (Å²) in [5.74, 6) is -0.959. The van der Waals surface area contributed by atoms with Gasteiger partial charge in [0.15, 0.2) is 0 Å². The molecule has 0 atom stereocenters. The van der Waals surface area contributed by atoms with Gasteiger partial charge in [-0.15, -0.1) is 0 Å². The van der Waals surface area contributed by atoms with Crippen molar-refractivity contribution >= 4 is 16.2 Å². The summed E-state index contributed by atoms with van der Waals surface area (Å²) in [6.45, 7) is 1.01. The minimum atomic E-state index is -3.40. The highest BCUT2D eigenvalue weighted by Crippen LogP contribution is 2.29. The van der Waals surface area contributed by atoms with Crippen molar-refractivity contribution in [3.8, 4) is 0 Å². The molecule has 98 valence electrons. The molecule has 1 aliphatic heterocycles. The first-order chi connectivity index (χ1) is 8.01. The number of carboxylic acid groups (broad SMARTS) is 1. The minimum absolute atomic E-state index is 0.0842. The summed E-state index contributed by atoms with van der Waals surface area (Å²) in [4.78, 5) is 10.5. The lowest BCUT2D eigenvalue weighted by atomic mass is 10.2. The van der Waals surface area contributed by atoms with Gasteiger partial charge in [0.05, 0.1) is 6.42 Å². The van der Waals surface area contributed by atoms with E-state index >= 15 is 0 Å². The molecule has 0 aromatic rings. The van der Waals surface area contributed by atoms with Crippen molar-refractivity contribution in [2.24, 2.45) is 0 Å². The molecule has 0 aromatic carbocycles. The van der Waals surface area contributed by atoms with Crippen molar-refractivity contribution in [2.45, 2.75) is 38.1 Å². The van der Waals surface area contributed by atoms with E-state index in [9.17, 15) is 13.2 Å². The van der Waals surface area contributed by atoms with E-state index in [0.29, 0.717) is 13.1 Å². The molecule has 0 spiro atoms. The highest BCUT2D eigenvalue weighted by atomic mass is 32.2. The maximum Gasteiger partial charge on any atom is 0.304 e. The topological polar surface area (TPSA) is 77.9 Å². The molecule has 1 heterocycles. The molecular weight excluding hydrogens is 244 g/mol. The van der Waals surface area contributed by atoms with Crippen LogP contribution in [0.15, 0.2) is 0 Å². The molecule has 6 nitrogen and oxygen atoms in total. The summed E-state index contributed by atoms with van der Waals surface area (Å²) in [7, 11) is -3.40. The van der Waals surface area contributed by atoms with E-state index < -0.39 is 16.2 Å². The Balaban J connectivity index is 2.01. The van der Waals surface area contributed by atoms with Crippen molar-refractivity contribution in [2.75, 3.05) is 19.6 Å². The van der Waals surface area contributed by atoms with Gasteiger partial charge < -0.3 is 5.11 Å². The summed E-state index contributed by atoms with van der Waals surface area (Å²) in [5.41, 5.74) is 0. The maximum absolute atomic E-state index is 12.2. The van der Waals surface area contributed by atoms with Gasteiger partial charge in [-0.3, -0.25) is 4.79 Å². The van der Waals surface area contributed by atoms with Gasteiger partial charge in [-0.1, -0.05) is 12.8 Å². The van der Waals surface area contributed by atoms with Crippen LogP contribution < -0.4 is 0 Å². The number of rotatable bonds is 4. The van der Waals surface area contributed by atoms with E-state index in [2.05, 4.69) is 0 Å². The Hall–Kier alpha value is -0.660. The second kappa shape index (κ2) is 4.91. The Labute approximate surface area is 101 Å². The van der Waals surface area contributed by atoms with Gasteiger partial charge in [-0.25, -0.2) is 0 Å². The standard InChI is InChI=1S/C10H18N2O4S/c13-10(14)5-6-11-7-8-12(17(11,15)16)9-3-1-2-4-9/h9H,1-8H2,(H,13,14). The fourth-order valence-electron chi connectivity index (χ4n) is 2.60. The first kappa shape index (κ1) is 12.8. The molecule has 0 aromatic heterocycles. The van der Waals surface area contributed by atoms with Crippen molar-refractivity contribution in [3.63, 3.8) is 0 Å². The first-order valence-corrected chi connectivity index (χ1v) is 7.40. The highest BCUT2D eigenvalue weighted by Gasteiger charge is 2.41. The first-order valence-electron chi connectivity index (χ1n) is 6.00. The Morgan fingerprint density at radius 2 is 1.88 bits per heavy atom. The van der Waals surface area contributed by atoms with E-state index in [1.807, 2.05) is 0 Å². The molecule has 0 amide bonds. The van der Waals surface area contributed by atoms with E-state index in [1.54, 1.807) is 4.31 Å². The molecule has 2 aliphatic rings. The maximum atomic E-state index is 12.2. The van der Waals surface area contributed by atoms with Crippen LogP contribution in [0.2, 0.25) is 0 Å². The van der Waals surface area contributed by atoms with Crippen LogP contribution in [0.5, 0.6) is 0 Å². The predicted molar refractivity (Wildman–Crippen MR) is 61.7 cm³/mol. The van der Waals surface area contributed by atoms with Crippen LogP contribution in [0, 0.1) is 0 Å². The van der Waals surface area contributed by atoms with Gasteiger partial charge >= 0.3 is 5.97 Å². The Morgan fingerprint density at radius 3 is 2.47 bits per heavy atom. The molecule has 17 heavy (non-hydrogen) atoms. The molecule has 1 aliphatic carbocycles. The number of hydrogen-bond donors (Lipinski definition) is 1. The van der Waals surface area contributed by atoms with Crippen LogP contribution in [0.4, 0.5) is 0 Å². The average Bonchev–Trinajstić information content (AvgIpc) is 2.82. The summed E-state index contributed by atoms with van der Waals surface area (Å²) in [5, 5.41) is 8.59. The molecule has 0 radical (unpaired) electrons. The van der Waals surface area contributed by atoms with Crippen LogP contribution in [0.3, 0.4) is 0 Å². The molecule has 1 saturated carbocycles. The van der Waals surface area contributed by atoms with Crippen LogP contribution in [-0.2, 0) is 15.0 Å². The quantitative estimate of drug-likeness (QED) is 0.788. The lowest BCUT2D eigenvalue weighted by molar-refractivity contribution is -0.137. The van der Waals surface area contributed by atoms with Crippen molar-refractivity contribution in [3.05, 3.63) is 0 Å². The predicted octanol–water partition coefficient (Wildman–Crippen LogP) is 0.266. The Kier molecular flexibility index (Phi) is 3.70. The molecule has 0 unspecified atom stereocenters. The van der Waals surface area contributed by atoms with Crippen LogP contribution in [0.25, 0.3) is 0 Å². The monoisotopic (exact) mass is 262 g/mol. The lowest BCUT2D eigenvalue weighted by Gasteiger charge is -2.23. The number of carbonyl (C=O) groups is 1. The summed E-state index contributed by atoms with van der Waals surface area (Å²) < 4.78 is 27.2. The summed E-state index contributed by atoms with van der Waals surface area (Å²) in [6, 6.07) is 0.134. The zero-order valence-corrected chi connectivity index (χ0v) is 10.5. The molecular formula is C10H18N2O4S. The minimum Gasteiger partial charge on any atom is -0.481 e. The third-order valence-electron chi connectivity index (χ3n) is 3.50. The van der Waals surface area contributed by atoms with Gasteiger partial charge in [0, 0.05) is 25.7 Å². The van der Waals surface area contributed by atoms with Crippen LogP contribution >= 0.6 is 0 Å². The summed E-state index contributed by atoms with van der Waals surface area (Å²) >= 11 is 0. The van der Waals surface area contributed by atoms with E-state index in [0.717, 1.165) is 25.7 Å². The van der Waals surface area contributed by atoms with Crippen LogP contribution in [-0.4, -0.2) is 53.8 Å². The molecule has 0 bridgehead atoms. The second-order valence-electron chi connectivity index (χ2n) is 4.60. The summed E-state index contributed by atoms with van der Waals surface area (Å²) in [6.07, 6.45) is 3.92. The van der Waals surface area contributed by atoms with Gasteiger partial charge in [0.2, 0.25) is 0 Å². The van der Waals surface area contributed by atoms with Crippen molar-refractivity contribution < 1.29 is 18.3 Å². The van der Waals surface area contributed by atoms with Gasteiger partial charge in [0.1, 0.15) is 0 Å². The average molecular weight is 262 g/mol. The van der Waals surface area contributed by atoms with Crippen molar-refractivity contribution in [1.29, 1.82) is 0 Å². The van der Waals surface area contributed by atoms with E-state index in [1.165, 1.54) is 4.31 Å². The lowest BCUT2D eigenvalue weighted by Crippen LogP contribution is -2.39. The van der Waals surface area contributed by atoms with Crippen molar-refractivity contribution in [1.82, 2.24) is 8.61 Å². The molecule has 2 rings (SSSR count). The fraction of sp³-hybridized carbons (Fsp3) is 0.900. The van der Waals surface area contributed by atoms with Gasteiger partial charge in [-0.2, -0.15) is 17.0 Å². The van der Waals surface area contributed by atoms with E-state index in [-0.39, 0.29) is 19.0 Å². The highest BCUT2D eigenvalue weighted by molar-refractivity contribution is 7.87. The number of hydrogen-bond acceptors (Lipinski definition) is 3. The second-order valence-corrected chi connectivity index (χ2v) is 6.48. The molecule has 2 fully saturated rings. The van der Waals surface area contributed by atoms with Gasteiger partial charge in [0.25, 0.3) is 10.2 Å². The largest absolute Gasteiger partial charge is 0.481 e. The number of nitrogens with zero attached hydrogens (tertiary/aromatic N) is 2. The number of aliphatic carboxylic acids is 1. The molecule has 7 heteroatoms. The fourth-order valence-corrected chi connectivity index (χ4v) is 4.43. The van der Waals surface area contributed by atoms with Gasteiger partial charge in [-0.05, 0) is 12.8 Å². The SMILES string of the molecule is O=C(O)CCN1CCN(C2CCCC2)S1(=O)=O. The Bertz CT molecular complexity index is 389. The zero-order valence-electron chi connectivity index (χ0n) is 9.71. The zero-order chi connectivity index (χ0) is 12.5. The third-order valence-corrected chi connectivity index (χ3v) is 5.59. The van der Waals surface area contributed by atoms with Crippen LogP contribution in [0.1, 0.15) is 32.1 Å². The van der Waals surface area contributed by atoms with E-state index in [4.69, 9.17) is 5.11 Å².